The Balaban J connectivity index is 1.30. The van der Waals surface area contributed by atoms with Gasteiger partial charge in [-0.3, -0.25) is 4.79 Å². The number of aliphatic carboxylic acids is 1. The number of ether oxygens (including phenoxy) is 4. The van der Waals surface area contributed by atoms with Gasteiger partial charge < -0.3 is 44.4 Å². The molecule has 1 aromatic heterocycles. The van der Waals surface area contributed by atoms with E-state index in [1.54, 1.807) is 12.3 Å². The van der Waals surface area contributed by atoms with Crippen molar-refractivity contribution in [3.8, 4) is 0 Å². The number of fused-ring (bicyclic) bond motifs is 2. The molecule has 1 saturated heterocycles. The van der Waals surface area contributed by atoms with E-state index in [1.165, 1.54) is 45.3 Å². The zero-order valence-electron chi connectivity index (χ0n) is 25.1. The smallest absolute Gasteiger partial charge is 0.333 e. The predicted molar refractivity (Wildman–Crippen MR) is 157 cm³/mol. The van der Waals surface area contributed by atoms with Crippen LogP contribution in [0.2, 0.25) is 0 Å². The molecule has 11 nitrogen and oxygen atoms in total. The van der Waals surface area contributed by atoms with Crippen molar-refractivity contribution < 1.29 is 49.0 Å². The van der Waals surface area contributed by atoms with Crippen LogP contribution in [0.3, 0.4) is 0 Å². The van der Waals surface area contributed by atoms with Gasteiger partial charge in [-0.2, -0.15) is 0 Å². The summed E-state index contributed by atoms with van der Waals surface area (Å²) >= 11 is 0. The van der Waals surface area contributed by atoms with Crippen LogP contribution in [0.15, 0.2) is 30.4 Å². The highest BCUT2D eigenvalue weighted by atomic mass is 16.7. The highest BCUT2D eigenvalue weighted by Crippen LogP contribution is 2.53. The molecule has 1 aromatic rings. The number of carbonyl (C=O) groups excluding carboxylic acids is 1. The van der Waals surface area contributed by atoms with Gasteiger partial charge in [-0.1, -0.05) is 44.3 Å². The Bertz CT molecular complexity index is 1440. The van der Waals surface area contributed by atoms with E-state index in [0.29, 0.717) is 12.3 Å². The Morgan fingerprint density at radius 3 is 2.70 bits per heavy atom. The third-order valence-corrected chi connectivity index (χ3v) is 10.6. The average molecular weight is 614 g/mol. The molecule has 3 aliphatic carbocycles. The molecule has 8 atom stereocenters. The number of methoxy groups -OCH3 is 1. The average Bonchev–Trinajstić information content (AvgIpc) is 3.42. The highest BCUT2D eigenvalue weighted by Gasteiger charge is 2.69. The summed E-state index contributed by atoms with van der Waals surface area (Å²) in [6.07, 6.45) is 7.46. The number of aliphatic hydroxyl groups is 3. The summed E-state index contributed by atoms with van der Waals surface area (Å²) in [6, 6.07) is 2.11. The fourth-order valence-electron chi connectivity index (χ4n) is 8.33. The Hall–Kier alpha value is -2.96. The normalized spacial score (nSPS) is 36.6. The van der Waals surface area contributed by atoms with E-state index in [0.717, 1.165) is 28.3 Å². The van der Waals surface area contributed by atoms with Crippen molar-refractivity contribution in [1.29, 1.82) is 0 Å². The van der Waals surface area contributed by atoms with Crippen LogP contribution >= 0.6 is 0 Å². The molecule has 2 saturated carbocycles. The first-order chi connectivity index (χ1) is 21.2. The van der Waals surface area contributed by atoms with Crippen LogP contribution in [0, 0.1) is 17.8 Å². The van der Waals surface area contributed by atoms with Gasteiger partial charge in [0.05, 0.1) is 31.6 Å². The largest absolute Gasteiger partial charge is 0.483 e. The standard InChI is InChI=1S/C33H43NO10/c1-3-20-22(15-28(36)37)21(29(38)41-2)9-10-26(20)43-31-32(40)12-11-24-23-14-19(13-18-7-5-4-6-8-18)34-25(23)17-42-33(24,30(32)39)27(16-35)44-31/h3,9,14,17-18,20,22,26-27,30-31,34-35,39-40H,1,4-8,10-13,15-16H2,2H3,(H,36,37). The van der Waals surface area contributed by atoms with Gasteiger partial charge >= 0.3 is 11.9 Å². The molecule has 8 unspecified atom stereocenters. The van der Waals surface area contributed by atoms with Gasteiger partial charge in [0.25, 0.3) is 0 Å². The van der Waals surface area contributed by atoms with Gasteiger partial charge in [-0.25, -0.2) is 4.79 Å². The lowest BCUT2D eigenvalue weighted by atomic mass is 9.63. The molecule has 6 rings (SSSR count). The van der Waals surface area contributed by atoms with Crippen LogP contribution in [-0.4, -0.2) is 86.9 Å². The van der Waals surface area contributed by atoms with Crippen molar-refractivity contribution in [3.63, 3.8) is 0 Å². The lowest BCUT2D eigenvalue weighted by Gasteiger charge is -2.59. The van der Waals surface area contributed by atoms with E-state index < -0.39 is 66.2 Å². The van der Waals surface area contributed by atoms with Crippen LogP contribution in [0.4, 0.5) is 0 Å². The Labute approximate surface area is 255 Å². The Kier molecular flexibility index (Phi) is 8.53. The third-order valence-electron chi connectivity index (χ3n) is 10.6. The second-order valence-electron chi connectivity index (χ2n) is 12.9. The van der Waals surface area contributed by atoms with Crippen LogP contribution in [0.5, 0.6) is 0 Å². The molecule has 0 aromatic carbocycles. The van der Waals surface area contributed by atoms with E-state index >= 15 is 0 Å². The third kappa shape index (κ3) is 5.02. The number of nitrogens with one attached hydrogen (secondary N) is 1. The lowest BCUT2D eigenvalue weighted by Crippen LogP contribution is -2.77. The van der Waals surface area contributed by atoms with Crippen molar-refractivity contribution in [1.82, 2.24) is 4.98 Å². The second-order valence-corrected chi connectivity index (χ2v) is 12.9. The van der Waals surface area contributed by atoms with Crippen LogP contribution in [0.25, 0.3) is 11.8 Å². The van der Waals surface area contributed by atoms with Crippen LogP contribution < -0.4 is 10.6 Å². The molecule has 0 amide bonds. The zero-order valence-corrected chi connectivity index (χ0v) is 25.1. The first kappa shape index (κ1) is 31.0. The SMILES string of the molecule is C=CC1C(OC2OC(CO)C34OC=c5[nH]c(CC6CCCCC6)cc5=C3CCC2(O)C4O)CC=C(C(=O)OC)C1CC(=O)O. The Morgan fingerprint density at radius 2 is 2.02 bits per heavy atom. The van der Waals surface area contributed by atoms with Gasteiger partial charge in [0.1, 0.15) is 24.1 Å². The van der Waals surface area contributed by atoms with Crippen molar-refractivity contribution in [2.75, 3.05) is 13.7 Å². The molecule has 2 aliphatic heterocycles. The van der Waals surface area contributed by atoms with E-state index in [1.807, 2.05) is 0 Å². The van der Waals surface area contributed by atoms with Gasteiger partial charge in [0.15, 0.2) is 11.9 Å². The van der Waals surface area contributed by atoms with Crippen molar-refractivity contribution in [2.45, 2.75) is 100 Å². The summed E-state index contributed by atoms with van der Waals surface area (Å²) in [4.78, 5) is 27.7. The molecule has 2 bridgehead atoms. The summed E-state index contributed by atoms with van der Waals surface area (Å²) in [5.41, 5.74) is -1.33. The van der Waals surface area contributed by atoms with E-state index in [-0.39, 0.29) is 24.8 Å². The van der Waals surface area contributed by atoms with E-state index in [9.17, 15) is 30.0 Å². The molecule has 0 radical (unpaired) electrons. The minimum Gasteiger partial charge on any atom is -0.483 e. The summed E-state index contributed by atoms with van der Waals surface area (Å²) < 4.78 is 23.8. The maximum absolute atomic E-state index is 12.5. The second kappa shape index (κ2) is 12.1. The number of rotatable bonds is 9. The number of esters is 1. The quantitative estimate of drug-likeness (QED) is 0.202. The highest BCUT2D eigenvalue weighted by molar-refractivity contribution is 5.90. The molecule has 5 aliphatic rings. The summed E-state index contributed by atoms with van der Waals surface area (Å²) in [7, 11) is 1.23. The molecule has 240 valence electrons. The first-order valence-corrected chi connectivity index (χ1v) is 15.7. The summed E-state index contributed by atoms with van der Waals surface area (Å²) in [5, 5.41) is 45.8. The molecular formula is C33H43NO10. The maximum atomic E-state index is 12.5. The van der Waals surface area contributed by atoms with Crippen molar-refractivity contribution in [3.05, 3.63) is 46.6 Å². The number of aliphatic hydroxyl groups excluding tert-OH is 2. The first-order valence-electron chi connectivity index (χ1n) is 15.7. The fraction of sp³-hybridized carbons (Fsp3) is 0.636. The van der Waals surface area contributed by atoms with Gasteiger partial charge in [-0.15, -0.1) is 6.58 Å². The monoisotopic (exact) mass is 613 g/mol. The van der Waals surface area contributed by atoms with E-state index in [2.05, 4.69) is 17.6 Å². The number of aromatic nitrogens is 1. The number of hydrogen-bond acceptors (Lipinski definition) is 9. The molecule has 44 heavy (non-hydrogen) atoms. The molecule has 3 heterocycles. The van der Waals surface area contributed by atoms with E-state index in [4.69, 9.17) is 18.9 Å². The van der Waals surface area contributed by atoms with Crippen LogP contribution in [0.1, 0.15) is 63.5 Å². The number of carboxylic acid groups (broad SMARTS) is 1. The maximum Gasteiger partial charge on any atom is 0.333 e. The molecule has 3 fully saturated rings. The summed E-state index contributed by atoms with van der Waals surface area (Å²) in [6.45, 7) is 3.36. The number of aromatic amines is 1. The number of H-pyrrole nitrogens is 1. The topological polar surface area (TPSA) is 168 Å². The van der Waals surface area contributed by atoms with Gasteiger partial charge in [0.2, 0.25) is 0 Å². The lowest BCUT2D eigenvalue weighted by molar-refractivity contribution is -0.371. The summed E-state index contributed by atoms with van der Waals surface area (Å²) in [5.74, 6) is -2.52. The van der Waals surface area contributed by atoms with Crippen molar-refractivity contribution >= 4 is 23.8 Å². The predicted octanol–water partition coefficient (Wildman–Crippen LogP) is 1.18. The van der Waals surface area contributed by atoms with Gasteiger partial charge in [-0.05, 0) is 43.2 Å². The number of hydrogen-bond donors (Lipinski definition) is 5. The number of carbonyl (C=O) groups is 2. The molecule has 11 heteroatoms. The molecule has 1 spiro atoms. The minimum absolute atomic E-state index is 0.104. The zero-order chi connectivity index (χ0) is 31.2. The fourth-order valence-corrected chi connectivity index (χ4v) is 8.33. The van der Waals surface area contributed by atoms with Gasteiger partial charge in [0, 0.05) is 28.3 Å². The molecular weight excluding hydrogens is 570 g/mol. The number of carboxylic acids is 1. The minimum atomic E-state index is -1.90. The van der Waals surface area contributed by atoms with Crippen molar-refractivity contribution in [2.24, 2.45) is 17.8 Å². The Morgan fingerprint density at radius 1 is 1.25 bits per heavy atom. The molecule has 5 N–H and O–H groups in total. The van der Waals surface area contributed by atoms with Crippen LogP contribution in [-0.2, 0) is 35.0 Å².